The maximum absolute atomic E-state index is 12.4. The molecule has 0 bridgehead atoms. The van der Waals surface area contributed by atoms with Crippen LogP contribution in [0.5, 0.6) is 0 Å². The highest BCUT2D eigenvalue weighted by molar-refractivity contribution is 5.98. The van der Waals surface area contributed by atoms with E-state index in [2.05, 4.69) is 10.1 Å². The van der Waals surface area contributed by atoms with Gasteiger partial charge in [0.15, 0.2) is 0 Å². The molecule has 0 saturated carbocycles. The highest BCUT2D eigenvalue weighted by Crippen LogP contribution is 2.20. The first-order valence-corrected chi connectivity index (χ1v) is 7.37. The van der Waals surface area contributed by atoms with Crippen LogP contribution in [0.15, 0.2) is 36.9 Å². The topological polar surface area (TPSA) is 71.3 Å². The van der Waals surface area contributed by atoms with Crippen LogP contribution in [-0.4, -0.2) is 62.3 Å². The highest BCUT2D eigenvalue weighted by Gasteiger charge is 2.38. The van der Waals surface area contributed by atoms with E-state index in [0.717, 1.165) is 10.5 Å². The maximum atomic E-state index is 12.4. The summed E-state index contributed by atoms with van der Waals surface area (Å²) in [5, 5.41) is 3.97. The van der Waals surface area contributed by atoms with E-state index >= 15 is 0 Å². The minimum atomic E-state index is -4.49. The molecule has 1 saturated heterocycles. The van der Waals surface area contributed by atoms with Crippen molar-refractivity contribution < 1.29 is 22.8 Å². The number of nitrogens with zero attached hydrogens (tertiary/aromatic N) is 5. The van der Waals surface area contributed by atoms with Crippen LogP contribution in [0, 0.1) is 0 Å². The fourth-order valence-electron chi connectivity index (χ4n) is 2.53. The van der Waals surface area contributed by atoms with E-state index in [4.69, 9.17) is 0 Å². The molecule has 1 aliphatic heterocycles. The van der Waals surface area contributed by atoms with E-state index in [1.165, 1.54) is 6.33 Å². The fourth-order valence-corrected chi connectivity index (χ4v) is 2.53. The van der Waals surface area contributed by atoms with Gasteiger partial charge in [0.1, 0.15) is 25.7 Å². The Bertz CT molecular complexity index is 758. The largest absolute Gasteiger partial charge is 0.406 e. The summed E-state index contributed by atoms with van der Waals surface area (Å²) < 4.78 is 38.9. The van der Waals surface area contributed by atoms with Crippen molar-refractivity contribution in [1.29, 1.82) is 0 Å². The van der Waals surface area contributed by atoms with Gasteiger partial charge in [0.25, 0.3) is 5.91 Å². The first-order valence-electron chi connectivity index (χ1n) is 7.37. The Kier molecular flexibility index (Phi) is 4.43. The Labute approximate surface area is 140 Å². The Balaban J connectivity index is 1.64. The summed E-state index contributed by atoms with van der Waals surface area (Å²) in [6.45, 7) is -1.59. The van der Waals surface area contributed by atoms with Crippen molar-refractivity contribution in [3.63, 3.8) is 0 Å². The molecular weight excluding hydrogens is 339 g/mol. The van der Waals surface area contributed by atoms with Gasteiger partial charge in [-0.15, -0.1) is 0 Å². The smallest absolute Gasteiger partial charge is 0.314 e. The minimum absolute atomic E-state index is 0.309. The van der Waals surface area contributed by atoms with E-state index in [0.29, 0.717) is 17.0 Å². The average Bonchev–Trinajstić information content (AvgIpc) is 3.16. The van der Waals surface area contributed by atoms with E-state index in [1.54, 1.807) is 35.3 Å². The normalized spacial score (nSPS) is 15.1. The molecule has 7 nitrogen and oxygen atoms in total. The average molecular weight is 353 g/mol. The third kappa shape index (κ3) is 4.14. The van der Waals surface area contributed by atoms with Gasteiger partial charge in [-0.1, -0.05) is 12.1 Å². The van der Waals surface area contributed by atoms with Gasteiger partial charge in [-0.25, -0.2) is 9.67 Å². The van der Waals surface area contributed by atoms with Gasteiger partial charge in [-0.05, 0) is 17.7 Å². The molecule has 0 atom stereocenters. The number of carbonyl (C=O) groups excluding carboxylic acids is 2. The van der Waals surface area contributed by atoms with E-state index < -0.39 is 24.5 Å². The summed E-state index contributed by atoms with van der Waals surface area (Å²) in [6, 6.07) is 6.59. The SMILES string of the molecule is O=C1CN(C(=O)c2ccc(Cn3cncn3)cc2)CN1CC(F)(F)F. The van der Waals surface area contributed by atoms with Crippen LogP contribution >= 0.6 is 0 Å². The Morgan fingerprint density at radius 2 is 1.92 bits per heavy atom. The third-order valence-electron chi connectivity index (χ3n) is 3.69. The third-order valence-corrected chi connectivity index (χ3v) is 3.69. The Morgan fingerprint density at radius 1 is 1.20 bits per heavy atom. The monoisotopic (exact) mass is 353 g/mol. The predicted octanol–water partition coefficient (Wildman–Crippen LogP) is 1.13. The quantitative estimate of drug-likeness (QED) is 0.826. The molecule has 0 spiro atoms. The predicted molar refractivity (Wildman–Crippen MR) is 79.2 cm³/mol. The highest BCUT2D eigenvalue weighted by atomic mass is 19.4. The molecule has 1 aromatic carbocycles. The fraction of sp³-hybridized carbons (Fsp3) is 0.333. The molecule has 10 heteroatoms. The zero-order valence-corrected chi connectivity index (χ0v) is 13.0. The molecule has 2 aromatic rings. The van der Waals surface area contributed by atoms with Crippen LogP contribution in [0.2, 0.25) is 0 Å². The lowest BCUT2D eigenvalue weighted by atomic mass is 10.1. The van der Waals surface area contributed by atoms with Crippen LogP contribution in [0.1, 0.15) is 15.9 Å². The van der Waals surface area contributed by atoms with Crippen molar-refractivity contribution in [1.82, 2.24) is 24.6 Å². The lowest BCUT2D eigenvalue weighted by molar-refractivity contribution is -0.157. The van der Waals surface area contributed by atoms with E-state index in [1.807, 2.05) is 0 Å². The van der Waals surface area contributed by atoms with Crippen molar-refractivity contribution >= 4 is 11.8 Å². The van der Waals surface area contributed by atoms with Crippen molar-refractivity contribution in [2.75, 3.05) is 19.8 Å². The Hall–Kier alpha value is -2.91. The standard InChI is InChI=1S/C15H14F3N5O2/c16-15(17,18)7-22-10-21(6-13(22)24)14(25)12-3-1-11(2-4-12)5-23-9-19-8-20-23/h1-4,8-9H,5-7,10H2. The van der Waals surface area contributed by atoms with Crippen LogP contribution in [0.25, 0.3) is 0 Å². The summed E-state index contributed by atoms with van der Waals surface area (Å²) in [5.74, 6) is -1.20. The van der Waals surface area contributed by atoms with Gasteiger partial charge < -0.3 is 9.80 Å². The molecule has 132 valence electrons. The first kappa shape index (κ1) is 16.9. The number of alkyl halides is 3. The number of halogens is 3. The second kappa shape index (κ2) is 6.54. The summed E-state index contributed by atoms with van der Waals surface area (Å²) >= 11 is 0. The van der Waals surface area contributed by atoms with Crippen molar-refractivity contribution in [2.45, 2.75) is 12.7 Å². The molecule has 0 N–H and O–H groups in total. The molecule has 25 heavy (non-hydrogen) atoms. The first-order chi connectivity index (χ1) is 11.8. The van der Waals surface area contributed by atoms with Crippen LogP contribution in [0.3, 0.4) is 0 Å². The molecule has 3 rings (SSSR count). The number of rotatable bonds is 4. The molecule has 0 unspecified atom stereocenters. The maximum Gasteiger partial charge on any atom is 0.406 e. The van der Waals surface area contributed by atoms with Gasteiger partial charge >= 0.3 is 6.18 Å². The minimum Gasteiger partial charge on any atom is -0.314 e. The number of hydrogen-bond acceptors (Lipinski definition) is 4. The van der Waals surface area contributed by atoms with Gasteiger partial charge in [0.2, 0.25) is 5.91 Å². The number of amides is 2. The van der Waals surface area contributed by atoms with Crippen molar-refractivity contribution in [3.8, 4) is 0 Å². The summed E-state index contributed by atoms with van der Waals surface area (Å²) in [6.07, 6.45) is -1.52. The second-order valence-electron chi connectivity index (χ2n) is 5.64. The zero-order chi connectivity index (χ0) is 18.0. The number of carbonyl (C=O) groups is 2. The number of benzene rings is 1. The molecule has 2 amide bonds. The van der Waals surface area contributed by atoms with Gasteiger partial charge in [-0.3, -0.25) is 9.59 Å². The summed E-state index contributed by atoms with van der Waals surface area (Å²) in [7, 11) is 0. The van der Waals surface area contributed by atoms with E-state index in [-0.39, 0.29) is 13.2 Å². The van der Waals surface area contributed by atoms with Gasteiger partial charge in [0.05, 0.1) is 13.2 Å². The zero-order valence-electron chi connectivity index (χ0n) is 13.0. The van der Waals surface area contributed by atoms with Crippen molar-refractivity contribution in [2.24, 2.45) is 0 Å². The van der Waals surface area contributed by atoms with Crippen molar-refractivity contribution in [3.05, 3.63) is 48.0 Å². The van der Waals surface area contributed by atoms with Crippen LogP contribution in [0.4, 0.5) is 13.2 Å². The van der Waals surface area contributed by atoms with Crippen LogP contribution < -0.4 is 0 Å². The summed E-state index contributed by atoms with van der Waals surface area (Å²) in [4.78, 5) is 29.6. The molecule has 1 fully saturated rings. The van der Waals surface area contributed by atoms with Gasteiger partial charge in [0, 0.05) is 5.56 Å². The molecule has 2 heterocycles. The van der Waals surface area contributed by atoms with Crippen LogP contribution in [-0.2, 0) is 11.3 Å². The number of hydrogen-bond donors (Lipinski definition) is 0. The molecule has 0 aliphatic carbocycles. The van der Waals surface area contributed by atoms with E-state index in [9.17, 15) is 22.8 Å². The molecule has 1 aromatic heterocycles. The second-order valence-corrected chi connectivity index (χ2v) is 5.64. The molecular formula is C15H14F3N5O2. The molecule has 0 radical (unpaired) electrons. The molecule has 1 aliphatic rings. The number of aromatic nitrogens is 3. The lowest BCUT2D eigenvalue weighted by Gasteiger charge is -2.19. The Morgan fingerprint density at radius 3 is 2.52 bits per heavy atom. The lowest BCUT2D eigenvalue weighted by Crippen LogP contribution is -2.37. The van der Waals surface area contributed by atoms with Gasteiger partial charge in [-0.2, -0.15) is 18.3 Å². The summed E-state index contributed by atoms with van der Waals surface area (Å²) in [5.41, 5.74) is 1.20.